The van der Waals surface area contributed by atoms with Gasteiger partial charge in [-0.05, 0) is 56.2 Å². The van der Waals surface area contributed by atoms with Crippen LogP contribution >= 0.6 is 0 Å². The highest BCUT2D eigenvalue weighted by atomic mass is 14.9. The van der Waals surface area contributed by atoms with Crippen molar-refractivity contribution in [2.45, 2.75) is 52.0 Å². The van der Waals surface area contributed by atoms with Gasteiger partial charge < -0.3 is 11.1 Å². The molecule has 1 aliphatic rings. The highest BCUT2D eigenvalue weighted by molar-refractivity contribution is 5.59. The Morgan fingerprint density at radius 1 is 1.24 bits per heavy atom. The number of hydrogen-bond donors (Lipinski definition) is 2. The molecule has 2 rings (SSSR count). The van der Waals surface area contributed by atoms with Crippen LogP contribution in [0.1, 0.15) is 44.6 Å². The summed E-state index contributed by atoms with van der Waals surface area (Å²) < 4.78 is 0. The second kappa shape index (κ2) is 5.44. The van der Waals surface area contributed by atoms with Gasteiger partial charge in [0.2, 0.25) is 0 Å². The first kappa shape index (κ1) is 12.3. The molecule has 0 spiro atoms. The standard InChI is InChI=1S/C15H24N2/c1-3-12-5-8-14(9-6-12)17-15-10-13(16)7-4-11(15)2/h4,7,10,12,14,17H,3,5-6,8-9,16H2,1-2H3. The lowest BCUT2D eigenvalue weighted by molar-refractivity contribution is 0.330. The topological polar surface area (TPSA) is 38.0 Å². The Bertz CT molecular complexity index is 365. The first-order valence-electron chi connectivity index (χ1n) is 6.81. The zero-order valence-corrected chi connectivity index (χ0v) is 11.0. The quantitative estimate of drug-likeness (QED) is 0.774. The largest absolute Gasteiger partial charge is 0.399 e. The Labute approximate surface area is 105 Å². The van der Waals surface area contributed by atoms with Gasteiger partial charge in [-0.15, -0.1) is 0 Å². The van der Waals surface area contributed by atoms with E-state index in [9.17, 15) is 0 Å². The minimum absolute atomic E-state index is 0.637. The Kier molecular flexibility index (Phi) is 3.93. The Balaban J connectivity index is 1.95. The van der Waals surface area contributed by atoms with E-state index in [1.54, 1.807) is 0 Å². The summed E-state index contributed by atoms with van der Waals surface area (Å²) in [6.07, 6.45) is 6.68. The Morgan fingerprint density at radius 2 is 1.94 bits per heavy atom. The number of rotatable bonds is 3. The van der Waals surface area contributed by atoms with Gasteiger partial charge in [0.05, 0.1) is 0 Å². The van der Waals surface area contributed by atoms with Gasteiger partial charge in [-0.1, -0.05) is 19.4 Å². The van der Waals surface area contributed by atoms with Crippen LogP contribution in [0, 0.1) is 12.8 Å². The molecule has 0 atom stereocenters. The normalized spacial score (nSPS) is 24.6. The highest BCUT2D eigenvalue weighted by Crippen LogP contribution is 2.29. The van der Waals surface area contributed by atoms with Crippen molar-refractivity contribution >= 4 is 11.4 Å². The molecule has 0 radical (unpaired) electrons. The van der Waals surface area contributed by atoms with Crippen molar-refractivity contribution < 1.29 is 0 Å². The number of nitrogens with two attached hydrogens (primary N) is 1. The maximum atomic E-state index is 5.84. The predicted octanol–water partition coefficient (Wildman–Crippen LogP) is 3.96. The third kappa shape index (κ3) is 3.15. The fourth-order valence-electron chi connectivity index (χ4n) is 2.73. The average Bonchev–Trinajstić information content (AvgIpc) is 2.35. The van der Waals surface area contributed by atoms with Crippen molar-refractivity contribution in [3.63, 3.8) is 0 Å². The molecule has 0 heterocycles. The molecule has 2 nitrogen and oxygen atoms in total. The predicted molar refractivity (Wildman–Crippen MR) is 75.3 cm³/mol. The van der Waals surface area contributed by atoms with Crippen molar-refractivity contribution in [1.29, 1.82) is 0 Å². The van der Waals surface area contributed by atoms with E-state index in [4.69, 9.17) is 5.73 Å². The number of anilines is 2. The van der Waals surface area contributed by atoms with Gasteiger partial charge in [0.1, 0.15) is 0 Å². The van der Waals surface area contributed by atoms with Crippen molar-refractivity contribution in [3.05, 3.63) is 23.8 Å². The molecule has 1 aliphatic carbocycles. The number of nitrogen functional groups attached to an aromatic ring is 1. The summed E-state index contributed by atoms with van der Waals surface area (Å²) in [5.41, 5.74) is 9.19. The smallest absolute Gasteiger partial charge is 0.0392 e. The second-order valence-corrected chi connectivity index (χ2v) is 5.34. The van der Waals surface area contributed by atoms with Crippen LogP contribution in [0.25, 0.3) is 0 Å². The number of benzene rings is 1. The molecule has 17 heavy (non-hydrogen) atoms. The molecule has 0 amide bonds. The van der Waals surface area contributed by atoms with Crippen LogP contribution in [0.2, 0.25) is 0 Å². The van der Waals surface area contributed by atoms with Crippen LogP contribution in [-0.4, -0.2) is 6.04 Å². The van der Waals surface area contributed by atoms with Gasteiger partial charge >= 0.3 is 0 Å². The summed E-state index contributed by atoms with van der Waals surface area (Å²) in [5, 5.41) is 3.65. The summed E-state index contributed by atoms with van der Waals surface area (Å²) in [6.45, 7) is 4.44. The van der Waals surface area contributed by atoms with E-state index >= 15 is 0 Å². The van der Waals surface area contributed by atoms with E-state index in [1.807, 2.05) is 6.07 Å². The fraction of sp³-hybridized carbons (Fsp3) is 0.600. The van der Waals surface area contributed by atoms with Gasteiger partial charge in [-0.3, -0.25) is 0 Å². The van der Waals surface area contributed by atoms with Gasteiger partial charge in [0.25, 0.3) is 0 Å². The minimum Gasteiger partial charge on any atom is -0.399 e. The Morgan fingerprint density at radius 3 is 2.59 bits per heavy atom. The van der Waals surface area contributed by atoms with E-state index in [0.717, 1.165) is 11.6 Å². The maximum absolute atomic E-state index is 5.84. The third-order valence-electron chi connectivity index (χ3n) is 4.05. The van der Waals surface area contributed by atoms with Crippen LogP contribution in [0.3, 0.4) is 0 Å². The van der Waals surface area contributed by atoms with Crippen LogP contribution in [0.5, 0.6) is 0 Å². The van der Waals surface area contributed by atoms with E-state index in [1.165, 1.54) is 43.4 Å². The molecule has 0 unspecified atom stereocenters. The monoisotopic (exact) mass is 232 g/mol. The first-order valence-corrected chi connectivity index (χ1v) is 6.81. The summed E-state index contributed by atoms with van der Waals surface area (Å²) >= 11 is 0. The molecule has 3 N–H and O–H groups in total. The Hall–Kier alpha value is -1.18. The molecule has 1 saturated carbocycles. The van der Waals surface area contributed by atoms with Crippen molar-refractivity contribution in [3.8, 4) is 0 Å². The third-order valence-corrected chi connectivity index (χ3v) is 4.05. The highest BCUT2D eigenvalue weighted by Gasteiger charge is 2.19. The molecule has 0 aliphatic heterocycles. The van der Waals surface area contributed by atoms with Gasteiger partial charge in [-0.2, -0.15) is 0 Å². The molecule has 0 bridgehead atoms. The molecule has 1 aromatic carbocycles. The average molecular weight is 232 g/mol. The van der Waals surface area contributed by atoms with Crippen molar-refractivity contribution in [2.75, 3.05) is 11.1 Å². The minimum atomic E-state index is 0.637. The van der Waals surface area contributed by atoms with E-state index < -0.39 is 0 Å². The van der Waals surface area contributed by atoms with Gasteiger partial charge in [0.15, 0.2) is 0 Å². The zero-order chi connectivity index (χ0) is 12.3. The van der Waals surface area contributed by atoms with Crippen molar-refractivity contribution in [2.24, 2.45) is 5.92 Å². The van der Waals surface area contributed by atoms with Gasteiger partial charge in [-0.25, -0.2) is 0 Å². The molecule has 0 saturated heterocycles. The van der Waals surface area contributed by atoms with Gasteiger partial charge in [0, 0.05) is 17.4 Å². The lowest BCUT2D eigenvalue weighted by Crippen LogP contribution is -2.26. The second-order valence-electron chi connectivity index (χ2n) is 5.34. The summed E-state index contributed by atoms with van der Waals surface area (Å²) in [5.74, 6) is 0.954. The molecule has 2 heteroatoms. The molecular weight excluding hydrogens is 208 g/mol. The SMILES string of the molecule is CCC1CCC(Nc2cc(N)ccc2C)CC1. The molecule has 1 fully saturated rings. The lowest BCUT2D eigenvalue weighted by atomic mass is 9.84. The van der Waals surface area contributed by atoms with Crippen LogP contribution in [-0.2, 0) is 0 Å². The summed E-state index contributed by atoms with van der Waals surface area (Å²) in [7, 11) is 0. The van der Waals surface area contributed by atoms with Crippen LogP contribution < -0.4 is 11.1 Å². The first-order chi connectivity index (χ1) is 8.19. The number of aryl methyl sites for hydroxylation is 1. The van der Waals surface area contributed by atoms with Crippen LogP contribution in [0.15, 0.2) is 18.2 Å². The van der Waals surface area contributed by atoms with E-state index in [0.29, 0.717) is 6.04 Å². The number of hydrogen-bond acceptors (Lipinski definition) is 2. The fourth-order valence-corrected chi connectivity index (χ4v) is 2.73. The molecule has 0 aromatic heterocycles. The zero-order valence-electron chi connectivity index (χ0n) is 11.0. The lowest BCUT2D eigenvalue weighted by Gasteiger charge is -2.29. The summed E-state index contributed by atoms with van der Waals surface area (Å²) in [4.78, 5) is 0. The summed E-state index contributed by atoms with van der Waals surface area (Å²) in [6, 6.07) is 6.75. The van der Waals surface area contributed by atoms with Crippen molar-refractivity contribution in [1.82, 2.24) is 0 Å². The van der Waals surface area contributed by atoms with E-state index in [-0.39, 0.29) is 0 Å². The molecule has 1 aromatic rings. The van der Waals surface area contributed by atoms with E-state index in [2.05, 4.69) is 31.3 Å². The van der Waals surface area contributed by atoms with Crippen LogP contribution in [0.4, 0.5) is 11.4 Å². The molecular formula is C15H24N2. The maximum Gasteiger partial charge on any atom is 0.0392 e. The number of nitrogens with one attached hydrogen (secondary N) is 1. The molecule has 94 valence electrons.